The van der Waals surface area contributed by atoms with E-state index in [1.165, 1.54) is 10.9 Å². The van der Waals surface area contributed by atoms with Crippen LogP contribution in [0.4, 0.5) is 13.2 Å². The summed E-state index contributed by atoms with van der Waals surface area (Å²) in [6, 6.07) is -0.655. The molecule has 9 heteroatoms. The molecule has 0 aliphatic rings. The lowest BCUT2D eigenvalue weighted by Gasteiger charge is -2.17. The van der Waals surface area contributed by atoms with Gasteiger partial charge in [0.2, 0.25) is 0 Å². The van der Waals surface area contributed by atoms with E-state index >= 15 is 0 Å². The molecule has 1 aromatic rings. The number of hydrogen-bond acceptors (Lipinski definition) is 4. The molecule has 0 amide bonds. The molecule has 0 aromatic carbocycles. The maximum Gasteiger partial charge on any atom is 0.411 e. The van der Waals surface area contributed by atoms with Crippen LogP contribution in [0.3, 0.4) is 0 Å². The van der Waals surface area contributed by atoms with E-state index in [0.29, 0.717) is 10.7 Å². The molecule has 0 aliphatic heterocycles. The van der Waals surface area contributed by atoms with E-state index in [0.717, 1.165) is 0 Å². The first-order valence-corrected chi connectivity index (χ1v) is 5.01. The zero-order chi connectivity index (χ0) is 13.1. The summed E-state index contributed by atoms with van der Waals surface area (Å²) in [6.07, 6.45) is -2.99. The van der Waals surface area contributed by atoms with Crippen LogP contribution in [0.15, 0.2) is 6.20 Å². The molecule has 0 saturated carbocycles. The van der Waals surface area contributed by atoms with Crippen LogP contribution < -0.4 is 11.3 Å². The first-order chi connectivity index (χ1) is 7.85. The van der Waals surface area contributed by atoms with Crippen molar-refractivity contribution < 1.29 is 17.9 Å². The zero-order valence-electron chi connectivity index (χ0n) is 8.96. The van der Waals surface area contributed by atoms with E-state index in [2.05, 4.69) is 15.3 Å². The molecule has 1 atom stereocenters. The molecule has 0 fully saturated rings. The molecule has 1 heterocycles. The lowest BCUT2D eigenvalue weighted by atomic mass is 10.2. The molecule has 0 bridgehead atoms. The van der Waals surface area contributed by atoms with Gasteiger partial charge in [0.05, 0.1) is 29.6 Å². The summed E-state index contributed by atoms with van der Waals surface area (Å²) in [5.74, 6) is 5.24. The number of hydrogen-bond donors (Lipinski definition) is 2. The second-order valence-electron chi connectivity index (χ2n) is 3.35. The number of nitrogens with zero attached hydrogens (tertiary/aromatic N) is 2. The normalized spacial score (nSPS) is 14.0. The summed E-state index contributed by atoms with van der Waals surface area (Å²) in [5, 5.41) is 4.16. The van der Waals surface area contributed by atoms with Gasteiger partial charge in [-0.05, 0) is 0 Å². The Morgan fingerprint density at radius 2 is 2.29 bits per heavy atom. The average molecular weight is 273 g/mol. The highest BCUT2D eigenvalue weighted by Crippen LogP contribution is 2.22. The fourth-order valence-electron chi connectivity index (χ4n) is 1.31. The molecule has 3 N–H and O–H groups in total. The summed E-state index contributed by atoms with van der Waals surface area (Å²) in [5.41, 5.74) is 2.80. The molecule has 0 aliphatic carbocycles. The largest absolute Gasteiger partial charge is 0.411 e. The molecule has 5 nitrogen and oxygen atoms in total. The van der Waals surface area contributed by atoms with Gasteiger partial charge in [-0.1, -0.05) is 11.6 Å². The first kappa shape index (κ1) is 14.2. The third-order valence-electron chi connectivity index (χ3n) is 2.02. The summed E-state index contributed by atoms with van der Waals surface area (Å²) in [7, 11) is 1.61. The molecule has 1 unspecified atom stereocenters. The standard InChI is InChI=1S/C8H12ClF3N4O/c1-16-7(5(9)2-14-16)6(15-13)3-17-4-8(10,11)12/h2,6,15H,3-4,13H2,1H3. The van der Waals surface area contributed by atoms with Gasteiger partial charge in [-0.15, -0.1) is 0 Å². The Hall–Kier alpha value is -0.830. The van der Waals surface area contributed by atoms with Gasteiger partial charge >= 0.3 is 6.18 Å². The summed E-state index contributed by atoms with van der Waals surface area (Å²) in [4.78, 5) is 0. The number of halogens is 4. The molecule has 0 radical (unpaired) electrons. The third kappa shape index (κ3) is 4.15. The maximum atomic E-state index is 11.9. The van der Waals surface area contributed by atoms with Crippen LogP contribution in [0.25, 0.3) is 0 Å². The van der Waals surface area contributed by atoms with E-state index in [9.17, 15) is 13.2 Å². The van der Waals surface area contributed by atoms with E-state index in [1.807, 2.05) is 0 Å². The summed E-state index contributed by atoms with van der Waals surface area (Å²) in [6.45, 7) is -1.59. The van der Waals surface area contributed by atoms with Gasteiger partial charge in [0.15, 0.2) is 0 Å². The van der Waals surface area contributed by atoms with E-state index in [4.69, 9.17) is 17.4 Å². The van der Waals surface area contributed by atoms with E-state index in [1.54, 1.807) is 7.05 Å². The molecule has 98 valence electrons. The van der Waals surface area contributed by atoms with Crippen LogP contribution in [-0.2, 0) is 11.8 Å². The Balaban J connectivity index is 2.61. The minimum Gasteiger partial charge on any atom is -0.370 e. The Labute approximate surface area is 101 Å². The quantitative estimate of drug-likeness (QED) is 0.624. The smallest absolute Gasteiger partial charge is 0.370 e. The van der Waals surface area contributed by atoms with Gasteiger partial charge in [-0.3, -0.25) is 10.5 Å². The number of rotatable bonds is 5. The molecule has 0 spiro atoms. The average Bonchev–Trinajstić information content (AvgIpc) is 2.53. The van der Waals surface area contributed by atoms with Gasteiger partial charge in [0.25, 0.3) is 0 Å². The molecule has 1 rings (SSSR count). The van der Waals surface area contributed by atoms with Crippen LogP contribution in [-0.4, -0.2) is 29.2 Å². The van der Waals surface area contributed by atoms with Crippen molar-refractivity contribution >= 4 is 11.6 Å². The number of hydrazine groups is 1. The predicted molar refractivity (Wildman–Crippen MR) is 55.2 cm³/mol. The fourth-order valence-corrected chi connectivity index (χ4v) is 1.61. The van der Waals surface area contributed by atoms with E-state index < -0.39 is 18.8 Å². The second kappa shape index (κ2) is 5.67. The van der Waals surface area contributed by atoms with Crippen molar-refractivity contribution in [2.75, 3.05) is 13.2 Å². The highest BCUT2D eigenvalue weighted by molar-refractivity contribution is 6.31. The highest BCUT2D eigenvalue weighted by atomic mass is 35.5. The summed E-state index contributed by atoms with van der Waals surface area (Å²) >= 11 is 5.83. The van der Waals surface area contributed by atoms with Crippen LogP contribution in [0, 0.1) is 0 Å². The zero-order valence-corrected chi connectivity index (χ0v) is 9.72. The lowest BCUT2D eigenvalue weighted by Crippen LogP contribution is -2.34. The van der Waals surface area contributed by atoms with Crippen LogP contribution in [0.5, 0.6) is 0 Å². The number of alkyl halides is 3. The SMILES string of the molecule is Cn1ncc(Cl)c1C(COCC(F)(F)F)NN. The number of ether oxygens (including phenoxy) is 1. The van der Waals surface area contributed by atoms with Crippen molar-refractivity contribution in [2.24, 2.45) is 12.9 Å². The van der Waals surface area contributed by atoms with Crippen molar-refractivity contribution in [3.05, 3.63) is 16.9 Å². The lowest BCUT2D eigenvalue weighted by molar-refractivity contribution is -0.175. The maximum absolute atomic E-state index is 11.9. The van der Waals surface area contributed by atoms with Gasteiger partial charge in [0.1, 0.15) is 6.61 Å². The fraction of sp³-hybridized carbons (Fsp3) is 0.625. The third-order valence-corrected chi connectivity index (χ3v) is 2.31. The number of nitrogens with two attached hydrogens (primary N) is 1. The van der Waals surface area contributed by atoms with Crippen molar-refractivity contribution in [2.45, 2.75) is 12.2 Å². The highest BCUT2D eigenvalue weighted by Gasteiger charge is 2.28. The molecular weight excluding hydrogens is 261 g/mol. The van der Waals surface area contributed by atoms with Crippen molar-refractivity contribution in [3.63, 3.8) is 0 Å². The Morgan fingerprint density at radius 1 is 1.65 bits per heavy atom. The molecule has 0 saturated heterocycles. The predicted octanol–water partition coefficient (Wildman–Crippen LogP) is 1.16. The van der Waals surface area contributed by atoms with Crippen molar-refractivity contribution in [3.8, 4) is 0 Å². The minimum atomic E-state index is -4.37. The van der Waals surface area contributed by atoms with Crippen molar-refractivity contribution in [1.29, 1.82) is 0 Å². The number of aromatic nitrogens is 2. The Bertz CT molecular complexity index is 349. The van der Waals surface area contributed by atoms with Crippen molar-refractivity contribution in [1.82, 2.24) is 15.2 Å². The van der Waals surface area contributed by atoms with Gasteiger partial charge in [0, 0.05) is 7.05 Å². The first-order valence-electron chi connectivity index (χ1n) is 4.63. The van der Waals surface area contributed by atoms with Gasteiger partial charge in [-0.2, -0.15) is 18.3 Å². The van der Waals surface area contributed by atoms with Crippen LogP contribution in [0.1, 0.15) is 11.7 Å². The Kier molecular flexibility index (Phi) is 4.75. The number of nitrogens with one attached hydrogen (secondary N) is 1. The van der Waals surface area contributed by atoms with Gasteiger partial charge in [-0.25, -0.2) is 5.43 Å². The topological polar surface area (TPSA) is 65.1 Å². The summed E-state index contributed by atoms with van der Waals surface area (Å²) < 4.78 is 41.6. The van der Waals surface area contributed by atoms with E-state index in [-0.39, 0.29) is 6.61 Å². The minimum absolute atomic E-state index is 0.255. The van der Waals surface area contributed by atoms with Crippen LogP contribution in [0.2, 0.25) is 5.02 Å². The molecular formula is C8H12ClF3N4O. The van der Waals surface area contributed by atoms with Gasteiger partial charge < -0.3 is 4.74 Å². The monoisotopic (exact) mass is 272 g/mol. The molecule has 17 heavy (non-hydrogen) atoms. The molecule has 1 aromatic heterocycles. The second-order valence-corrected chi connectivity index (χ2v) is 3.76. The van der Waals surface area contributed by atoms with Crippen LogP contribution >= 0.6 is 11.6 Å². The number of aryl methyl sites for hydroxylation is 1. The Morgan fingerprint density at radius 3 is 2.71 bits per heavy atom.